The van der Waals surface area contributed by atoms with Gasteiger partial charge in [0.25, 0.3) is 5.56 Å². The summed E-state index contributed by atoms with van der Waals surface area (Å²) in [5.74, 6) is 1.06. The molecule has 7 nitrogen and oxygen atoms in total. The van der Waals surface area contributed by atoms with Crippen LogP contribution in [-0.4, -0.2) is 24.3 Å². The van der Waals surface area contributed by atoms with Crippen LogP contribution >= 0.6 is 34.5 Å². The van der Waals surface area contributed by atoms with Crippen molar-refractivity contribution >= 4 is 57.4 Å². The van der Waals surface area contributed by atoms with E-state index in [1.165, 1.54) is 11.3 Å². The van der Waals surface area contributed by atoms with Crippen LogP contribution in [0.2, 0.25) is 10.0 Å². The number of nitrogens with zero attached hydrogens (tertiary/aromatic N) is 2. The van der Waals surface area contributed by atoms with Gasteiger partial charge in [-0.05, 0) is 61.0 Å². The van der Waals surface area contributed by atoms with Gasteiger partial charge >= 0.3 is 5.97 Å². The predicted molar refractivity (Wildman–Crippen MR) is 165 cm³/mol. The molecule has 0 bridgehead atoms. The fourth-order valence-corrected chi connectivity index (χ4v) is 6.49. The van der Waals surface area contributed by atoms with Crippen molar-refractivity contribution < 1.29 is 18.7 Å². The Morgan fingerprint density at radius 1 is 1.10 bits per heavy atom. The van der Waals surface area contributed by atoms with Crippen molar-refractivity contribution in [3.8, 4) is 17.1 Å². The number of fused-ring (bicyclic) bond motifs is 2. The minimum absolute atomic E-state index is 0.180. The zero-order valence-corrected chi connectivity index (χ0v) is 25.1. The van der Waals surface area contributed by atoms with Gasteiger partial charge in [-0.3, -0.25) is 9.36 Å². The van der Waals surface area contributed by atoms with Crippen molar-refractivity contribution in [2.75, 3.05) is 13.7 Å². The van der Waals surface area contributed by atoms with E-state index in [2.05, 4.69) is 4.99 Å². The lowest BCUT2D eigenvalue weighted by molar-refractivity contribution is -0.139. The molecule has 0 saturated heterocycles. The number of allylic oxidation sites excluding steroid dienone is 1. The summed E-state index contributed by atoms with van der Waals surface area (Å²) in [5.41, 5.74) is 1.87. The topological polar surface area (TPSA) is 83.0 Å². The Labute approximate surface area is 254 Å². The third kappa shape index (κ3) is 4.85. The van der Waals surface area contributed by atoms with Gasteiger partial charge in [-0.15, -0.1) is 0 Å². The lowest BCUT2D eigenvalue weighted by Crippen LogP contribution is -2.40. The van der Waals surface area contributed by atoms with E-state index in [0.29, 0.717) is 47.9 Å². The lowest BCUT2D eigenvalue weighted by Gasteiger charge is -2.27. The number of ether oxygens (including phenoxy) is 2. The number of hydrogen-bond acceptors (Lipinski definition) is 7. The van der Waals surface area contributed by atoms with Crippen LogP contribution in [0.25, 0.3) is 28.2 Å². The minimum atomic E-state index is -0.827. The van der Waals surface area contributed by atoms with Gasteiger partial charge in [0.2, 0.25) is 0 Å². The van der Waals surface area contributed by atoms with Crippen molar-refractivity contribution in [2.45, 2.75) is 19.9 Å². The highest BCUT2D eigenvalue weighted by molar-refractivity contribution is 7.07. The fraction of sp³-hybridized carbons (Fsp3) is 0.156. The molecule has 6 rings (SSSR count). The number of methoxy groups -OCH3 is 1. The fourth-order valence-electron chi connectivity index (χ4n) is 5.16. The van der Waals surface area contributed by atoms with Crippen LogP contribution < -0.4 is 19.6 Å². The Hall–Kier alpha value is -4.11. The number of benzene rings is 3. The number of carbonyl (C=O) groups excluding carboxylic acids is 1. The Balaban J connectivity index is 1.56. The summed E-state index contributed by atoms with van der Waals surface area (Å²) >= 11 is 13.5. The van der Waals surface area contributed by atoms with E-state index in [4.69, 9.17) is 37.1 Å². The van der Waals surface area contributed by atoms with E-state index in [0.717, 1.165) is 16.3 Å². The van der Waals surface area contributed by atoms with Crippen LogP contribution in [0.15, 0.2) is 92.2 Å². The van der Waals surface area contributed by atoms with Gasteiger partial charge in [0.05, 0.1) is 39.6 Å². The van der Waals surface area contributed by atoms with E-state index in [-0.39, 0.29) is 17.7 Å². The molecule has 42 heavy (non-hydrogen) atoms. The average Bonchev–Trinajstić information content (AvgIpc) is 3.57. The minimum Gasteiger partial charge on any atom is -0.496 e. The molecule has 0 radical (unpaired) electrons. The van der Waals surface area contributed by atoms with E-state index in [9.17, 15) is 9.59 Å². The molecule has 1 atom stereocenters. The zero-order chi connectivity index (χ0) is 29.5. The van der Waals surface area contributed by atoms with Crippen molar-refractivity contribution in [3.05, 3.63) is 119 Å². The van der Waals surface area contributed by atoms with E-state index in [1.54, 1.807) is 55.9 Å². The molecule has 1 aliphatic heterocycles. The second-order valence-corrected chi connectivity index (χ2v) is 11.4. The molecule has 0 amide bonds. The molecule has 3 aromatic carbocycles. The molecule has 0 saturated carbocycles. The third-order valence-electron chi connectivity index (χ3n) is 7.05. The molecule has 0 N–H and O–H groups in total. The maximum atomic E-state index is 14.1. The summed E-state index contributed by atoms with van der Waals surface area (Å²) in [6, 6.07) is 19.6. The first-order valence-corrected chi connectivity index (χ1v) is 14.7. The number of carbonyl (C=O) groups is 1. The summed E-state index contributed by atoms with van der Waals surface area (Å²) in [4.78, 5) is 32.6. The number of halogens is 2. The molecule has 0 aliphatic carbocycles. The summed E-state index contributed by atoms with van der Waals surface area (Å²) in [7, 11) is 1.57. The molecule has 1 unspecified atom stereocenters. The van der Waals surface area contributed by atoms with E-state index >= 15 is 0 Å². The third-order valence-corrected chi connectivity index (χ3v) is 8.77. The summed E-state index contributed by atoms with van der Waals surface area (Å²) in [5, 5.41) is 2.66. The highest BCUT2D eigenvalue weighted by atomic mass is 35.5. The van der Waals surface area contributed by atoms with Crippen molar-refractivity contribution in [3.63, 3.8) is 0 Å². The van der Waals surface area contributed by atoms with Crippen LogP contribution in [0, 0.1) is 0 Å². The maximum Gasteiger partial charge on any atom is 0.338 e. The number of esters is 1. The van der Waals surface area contributed by atoms with Gasteiger partial charge in [-0.25, -0.2) is 9.79 Å². The predicted octanol–water partition coefficient (Wildman–Crippen LogP) is 6.53. The highest BCUT2D eigenvalue weighted by Gasteiger charge is 2.36. The van der Waals surface area contributed by atoms with Gasteiger partial charge in [-0.2, -0.15) is 0 Å². The quantitative estimate of drug-likeness (QED) is 0.202. The first kappa shape index (κ1) is 28.0. The molecule has 212 valence electrons. The molecule has 0 spiro atoms. The van der Waals surface area contributed by atoms with Gasteiger partial charge < -0.3 is 13.9 Å². The van der Waals surface area contributed by atoms with Crippen LogP contribution in [0.4, 0.5) is 0 Å². The van der Waals surface area contributed by atoms with Gasteiger partial charge in [0.1, 0.15) is 23.3 Å². The molecule has 5 aromatic rings. The Kier molecular flexibility index (Phi) is 7.53. The van der Waals surface area contributed by atoms with E-state index in [1.807, 2.05) is 42.5 Å². The standard InChI is InChI=1S/C32H24Cl2N2O5S/c1-4-40-31(38)27-17(2)35-32-36(29(27)28-21-8-6-5-7-18(21)10-13-25(28)39-3)30(37)26(42-32)16-20-11-14-24(41-20)19-9-12-22(33)23(34)15-19/h5-16,29H,4H2,1-3H3. The van der Waals surface area contributed by atoms with Gasteiger partial charge in [0.15, 0.2) is 4.80 Å². The van der Waals surface area contributed by atoms with Crippen LogP contribution in [0.5, 0.6) is 5.75 Å². The van der Waals surface area contributed by atoms with Crippen molar-refractivity contribution in [2.24, 2.45) is 4.99 Å². The Bertz CT molecular complexity index is 2090. The maximum absolute atomic E-state index is 14.1. The van der Waals surface area contributed by atoms with Crippen LogP contribution in [0.1, 0.15) is 31.2 Å². The second-order valence-electron chi connectivity index (χ2n) is 9.54. The second kappa shape index (κ2) is 11.3. The highest BCUT2D eigenvalue weighted by Crippen LogP contribution is 2.40. The normalized spacial score (nSPS) is 15.1. The molecule has 0 fully saturated rings. The molecule has 10 heteroatoms. The SMILES string of the molecule is CCOC(=O)C1=C(C)N=c2sc(=Cc3ccc(-c4ccc(Cl)c(Cl)c4)o3)c(=O)n2C1c1c(OC)ccc2ccccc12. The number of rotatable bonds is 6. The lowest BCUT2D eigenvalue weighted by atomic mass is 9.90. The summed E-state index contributed by atoms with van der Waals surface area (Å²) < 4.78 is 19.2. The first-order chi connectivity index (χ1) is 20.3. The first-order valence-electron chi connectivity index (χ1n) is 13.1. The van der Waals surface area contributed by atoms with Crippen LogP contribution in [-0.2, 0) is 9.53 Å². The summed E-state index contributed by atoms with van der Waals surface area (Å²) in [6.45, 7) is 3.68. The Morgan fingerprint density at radius 2 is 1.90 bits per heavy atom. The molecular weight excluding hydrogens is 595 g/mol. The van der Waals surface area contributed by atoms with Crippen molar-refractivity contribution in [1.82, 2.24) is 4.57 Å². The smallest absolute Gasteiger partial charge is 0.338 e. The van der Waals surface area contributed by atoms with Crippen molar-refractivity contribution in [1.29, 1.82) is 0 Å². The van der Waals surface area contributed by atoms with Gasteiger partial charge in [-0.1, -0.05) is 64.9 Å². The monoisotopic (exact) mass is 618 g/mol. The summed E-state index contributed by atoms with van der Waals surface area (Å²) in [6.07, 6.45) is 1.67. The largest absolute Gasteiger partial charge is 0.496 e. The average molecular weight is 620 g/mol. The number of furan rings is 1. The molecule has 1 aliphatic rings. The number of hydrogen-bond donors (Lipinski definition) is 0. The Morgan fingerprint density at radius 3 is 2.67 bits per heavy atom. The molecule has 3 heterocycles. The van der Waals surface area contributed by atoms with Gasteiger partial charge in [0, 0.05) is 17.2 Å². The molecule has 2 aromatic heterocycles. The van der Waals surface area contributed by atoms with Crippen LogP contribution in [0.3, 0.4) is 0 Å². The van der Waals surface area contributed by atoms with E-state index < -0.39 is 12.0 Å². The molecular formula is C32H24Cl2N2O5S. The number of thiazole rings is 1. The zero-order valence-electron chi connectivity index (χ0n) is 22.8. The number of aromatic nitrogens is 1.